The van der Waals surface area contributed by atoms with E-state index in [0.717, 1.165) is 5.82 Å². The van der Waals surface area contributed by atoms with E-state index in [1.54, 1.807) is 29.1 Å². The lowest BCUT2D eigenvalue weighted by Gasteiger charge is -2.04. The molecule has 2 aromatic heterocycles. The zero-order valence-corrected chi connectivity index (χ0v) is 10.9. The highest BCUT2D eigenvalue weighted by Crippen LogP contribution is 2.17. The highest BCUT2D eigenvalue weighted by molar-refractivity contribution is 6.00. The number of aryl methyl sites for hydroxylation is 3. The molecule has 0 saturated carbocycles. The Morgan fingerprint density at radius 1 is 1.40 bits per heavy atom. The first-order valence-corrected chi connectivity index (χ1v) is 6.18. The number of rotatable bonds is 4. The van der Waals surface area contributed by atoms with Gasteiger partial charge in [-0.25, -0.2) is 14.5 Å². The average molecular weight is 271 g/mol. The van der Waals surface area contributed by atoms with Gasteiger partial charge >= 0.3 is 5.97 Å². The van der Waals surface area contributed by atoms with Crippen molar-refractivity contribution in [2.45, 2.75) is 13.0 Å². The lowest BCUT2D eigenvalue weighted by Crippen LogP contribution is -2.09. The molecule has 0 aliphatic carbocycles. The third-order valence-corrected chi connectivity index (χ3v) is 3.23. The van der Waals surface area contributed by atoms with Crippen LogP contribution in [0.4, 0.5) is 0 Å². The maximum atomic E-state index is 11.3. The number of carboxylic acid groups (broad SMARTS) is 1. The molecule has 1 aromatic carbocycles. The molecular formula is C13H13N5O2. The monoisotopic (exact) mass is 271 g/mol. The Bertz CT molecular complexity index is 774. The second kappa shape index (κ2) is 4.76. The molecule has 102 valence electrons. The summed E-state index contributed by atoms with van der Waals surface area (Å²) in [5.74, 6) is -0.0578. The molecule has 1 N–H and O–H groups in total. The van der Waals surface area contributed by atoms with Crippen LogP contribution in [0.15, 0.2) is 30.6 Å². The van der Waals surface area contributed by atoms with Crippen molar-refractivity contribution < 1.29 is 9.90 Å². The van der Waals surface area contributed by atoms with Gasteiger partial charge in [-0.2, -0.15) is 0 Å². The molecule has 0 spiro atoms. The maximum Gasteiger partial charge on any atom is 0.337 e. The fourth-order valence-electron chi connectivity index (χ4n) is 2.20. The van der Waals surface area contributed by atoms with E-state index >= 15 is 0 Å². The summed E-state index contributed by atoms with van der Waals surface area (Å²) in [6.07, 6.45) is 4.27. The summed E-state index contributed by atoms with van der Waals surface area (Å²) in [4.78, 5) is 15.5. The van der Waals surface area contributed by atoms with Crippen LogP contribution < -0.4 is 0 Å². The maximum absolute atomic E-state index is 11.3. The molecule has 0 saturated heterocycles. The van der Waals surface area contributed by atoms with E-state index in [1.807, 2.05) is 17.8 Å². The van der Waals surface area contributed by atoms with Gasteiger partial charge in [0, 0.05) is 25.9 Å². The van der Waals surface area contributed by atoms with Crippen molar-refractivity contribution in [2.75, 3.05) is 0 Å². The van der Waals surface area contributed by atoms with Crippen LogP contribution in [0.25, 0.3) is 11.0 Å². The van der Waals surface area contributed by atoms with Crippen LogP contribution in [-0.2, 0) is 20.0 Å². The molecule has 3 aromatic rings. The van der Waals surface area contributed by atoms with Crippen molar-refractivity contribution in [3.05, 3.63) is 42.0 Å². The van der Waals surface area contributed by atoms with Crippen molar-refractivity contribution >= 4 is 17.0 Å². The molecule has 0 aliphatic rings. The Morgan fingerprint density at radius 2 is 2.25 bits per heavy atom. The van der Waals surface area contributed by atoms with Gasteiger partial charge in [-0.3, -0.25) is 0 Å². The van der Waals surface area contributed by atoms with Crippen LogP contribution in [0, 0.1) is 0 Å². The van der Waals surface area contributed by atoms with Crippen LogP contribution in [0.1, 0.15) is 16.2 Å². The molecule has 0 bridgehead atoms. The molecule has 20 heavy (non-hydrogen) atoms. The van der Waals surface area contributed by atoms with Crippen LogP contribution in [-0.4, -0.2) is 35.6 Å². The lowest BCUT2D eigenvalue weighted by molar-refractivity contribution is 0.0698. The molecule has 0 fully saturated rings. The number of imidazole rings is 1. The van der Waals surface area contributed by atoms with Gasteiger partial charge in [-0.1, -0.05) is 11.3 Å². The summed E-state index contributed by atoms with van der Waals surface area (Å²) >= 11 is 0. The molecule has 0 aliphatic heterocycles. The molecule has 7 heteroatoms. The van der Waals surface area contributed by atoms with Crippen molar-refractivity contribution in [3.63, 3.8) is 0 Å². The van der Waals surface area contributed by atoms with Crippen molar-refractivity contribution in [2.24, 2.45) is 7.05 Å². The van der Waals surface area contributed by atoms with Crippen LogP contribution in [0.3, 0.4) is 0 Å². The average Bonchev–Trinajstić information content (AvgIpc) is 3.02. The van der Waals surface area contributed by atoms with E-state index in [2.05, 4.69) is 15.3 Å². The molecule has 3 rings (SSSR count). The smallest absolute Gasteiger partial charge is 0.337 e. The minimum atomic E-state index is -0.976. The van der Waals surface area contributed by atoms with Gasteiger partial charge in [0.2, 0.25) is 0 Å². The molecular weight excluding hydrogens is 258 g/mol. The van der Waals surface area contributed by atoms with Gasteiger partial charge in [-0.05, 0) is 12.1 Å². The third-order valence-electron chi connectivity index (χ3n) is 3.23. The van der Waals surface area contributed by atoms with Crippen LogP contribution in [0.5, 0.6) is 0 Å². The number of para-hydroxylation sites is 1. The van der Waals surface area contributed by atoms with Gasteiger partial charge < -0.3 is 9.67 Å². The Labute approximate surface area is 114 Å². The Kier molecular flexibility index (Phi) is 2.94. The van der Waals surface area contributed by atoms with Gasteiger partial charge in [0.1, 0.15) is 16.9 Å². The lowest BCUT2D eigenvalue weighted by atomic mass is 10.2. The first-order chi connectivity index (χ1) is 9.66. The van der Waals surface area contributed by atoms with E-state index in [4.69, 9.17) is 0 Å². The number of fused-ring (bicyclic) bond motifs is 1. The molecule has 7 nitrogen and oxygen atoms in total. The first-order valence-electron chi connectivity index (χ1n) is 6.18. The predicted octanol–water partition coefficient (Wildman–Crippen LogP) is 1.11. The zero-order valence-electron chi connectivity index (χ0n) is 10.9. The minimum Gasteiger partial charge on any atom is -0.478 e. The number of carboxylic acids is 1. The normalized spacial score (nSPS) is 11.1. The summed E-state index contributed by atoms with van der Waals surface area (Å²) in [6, 6.07) is 4.99. The van der Waals surface area contributed by atoms with Gasteiger partial charge in [-0.15, -0.1) is 5.10 Å². The Hall–Kier alpha value is -2.70. The molecule has 0 unspecified atom stereocenters. The van der Waals surface area contributed by atoms with Gasteiger partial charge in [0.15, 0.2) is 0 Å². The Morgan fingerprint density at radius 3 is 2.95 bits per heavy atom. The SMILES string of the molecule is Cn1ccnc1CCn1nnc2cccc(C(=O)O)c21. The number of nitrogens with zero attached hydrogens (tertiary/aromatic N) is 5. The zero-order chi connectivity index (χ0) is 14.1. The van der Waals surface area contributed by atoms with E-state index in [-0.39, 0.29) is 5.56 Å². The second-order valence-corrected chi connectivity index (χ2v) is 4.50. The number of hydrogen-bond acceptors (Lipinski definition) is 4. The predicted molar refractivity (Wildman–Crippen MR) is 71.4 cm³/mol. The van der Waals surface area contributed by atoms with Crippen molar-refractivity contribution in [1.29, 1.82) is 0 Å². The van der Waals surface area contributed by atoms with E-state index in [1.165, 1.54) is 0 Å². The summed E-state index contributed by atoms with van der Waals surface area (Å²) in [7, 11) is 1.92. The quantitative estimate of drug-likeness (QED) is 0.768. The first kappa shape index (κ1) is 12.3. The van der Waals surface area contributed by atoms with E-state index in [0.29, 0.717) is 24.0 Å². The highest BCUT2D eigenvalue weighted by Gasteiger charge is 2.14. The highest BCUT2D eigenvalue weighted by atomic mass is 16.4. The number of carbonyl (C=O) groups is 1. The van der Waals surface area contributed by atoms with E-state index < -0.39 is 5.97 Å². The van der Waals surface area contributed by atoms with E-state index in [9.17, 15) is 9.90 Å². The van der Waals surface area contributed by atoms with Crippen LogP contribution in [0.2, 0.25) is 0 Å². The molecule has 0 atom stereocenters. The molecule has 2 heterocycles. The number of hydrogen-bond donors (Lipinski definition) is 1. The molecule has 0 amide bonds. The minimum absolute atomic E-state index is 0.215. The second-order valence-electron chi connectivity index (χ2n) is 4.50. The fourth-order valence-corrected chi connectivity index (χ4v) is 2.20. The Balaban J connectivity index is 1.96. The largest absolute Gasteiger partial charge is 0.478 e. The van der Waals surface area contributed by atoms with Gasteiger partial charge in [0.25, 0.3) is 0 Å². The topological polar surface area (TPSA) is 85.8 Å². The number of benzene rings is 1. The summed E-state index contributed by atoms with van der Waals surface area (Å²) in [6.45, 7) is 0.533. The summed E-state index contributed by atoms with van der Waals surface area (Å²) < 4.78 is 3.55. The molecule has 0 radical (unpaired) electrons. The standard InChI is InChI=1S/C13H13N5O2/c1-17-8-6-14-11(17)5-7-18-12-9(13(19)20)3-2-4-10(12)15-16-18/h2-4,6,8H,5,7H2,1H3,(H,19,20). The summed E-state index contributed by atoms with van der Waals surface area (Å²) in [5, 5.41) is 17.3. The number of aromatic carboxylic acids is 1. The van der Waals surface area contributed by atoms with Crippen molar-refractivity contribution in [1.82, 2.24) is 24.5 Å². The fraction of sp³-hybridized carbons (Fsp3) is 0.231. The van der Waals surface area contributed by atoms with Crippen molar-refractivity contribution in [3.8, 4) is 0 Å². The van der Waals surface area contributed by atoms with Crippen LogP contribution >= 0.6 is 0 Å². The summed E-state index contributed by atoms with van der Waals surface area (Å²) in [5.41, 5.74) is 1.35. The third kappa shape index (κ3) is 2.03. The number of aromatic nitrogens is 5. The van der Waals surface area contributed by atoms with Gasteiger partial charge in [0.05, 0.1) is 12.1 Å².